The van der Waals surface area contributed by atoms with Gasteiger partial charge in [-0.05, 0) is 73.9 Å². The van der Waals surface area contributed by atoms with E-state index in [1.54, 1.807) is 49.9 Å². The third-order valence-corrected chi connectivity index (χ3v) is 10.7. The van der Waals surface area contributed by atoms with Gasteiger partial charge in [-0.2, -0.15) is 0 Å². The van der Waals surface area contributed by atoms with Crippen LogP contribution in [-0.2, 0) is 21.3 Å². The van der Waals surface area contributed by atoms with Gasteiger partial charge in [0.2, 0.25) is 0 Å². The SMILES string of the molecule is CC(C)(C)OC(=O)N1CCC(Oc2ccc(S(=O)(=O)NC(=O)c3ccc(N4CCN(Cc5ccccc5-c5ccccc5)CC4)cc3)cc2[N+](=O)[O-])CC1. The molecular formula is C40H45N5O8S. The number of piperidine rings is 1. The topological polar surface area (TPSA) is 152 Å². The summed E-state index contributed by atoms with van der Waals surface area (Å²) in [7, 11) is -4.46. The van der Waals surface area contributed by atoms with Gasteiger partial charge in [-0.15, -0.1) is 0 Å². The van der Waals surface area contributed by atoms with Crippen LogP contribution in [0.2, 0.25) is 0 Å². The molecule has 0 spiro atoms. The second kappa shape index (κ2) is 16.3. The number of likely N-dealkylation sites (tertiary alicyclic amines) is 1. The Morgan fingerprint density at radius 2 is 1.50 bits per heavy atom. The van der Waals surface area contributed by atoms with Crippen LogP contribution in [0.25, 0.3) is 11.1 Å². The Labute approximate surface area is 315 Å². The molecule has 2 aliphatic rings. The predicted molar refractivity (Wildman–Crippen MR) is 205 cm³/mol. The molecule has 0 aliphatic carbocycles. The number of rotatable bonds is 10. The zero-order valence-electron chi connectivity index (χ0n) is 30.6. The largest absolute Gasteiger partial charge is 0.483 e. The highest BCUT2D eigenvalue weighted by molar-refractivity contribution is 7.90. The molecule has 14 heteroatoms. The molecule has 1 N–H and O–H groups in total. The minimum Gasteiger partial charge on any atom is -0.483 e. The van der Waals surface area contributed by atoms with Gasteiger partial charge >= 0.3 is 11.8 Å². The normalized spacial score (nSPS) is 15.8. The zero-order valence-corrected chi connectivity index (χ0v) is 31.5. The fourth-order valence-electron chi connectivity index (χ4n) is 6.60. The van der Waals surface area contributed by atoms with Crippen molar-refractivity contribution in [2.75, 3.05) is 44.2 Å². The smallest absolute Gasteiger partial charge is 0.410 e. The predicted octanol–water partition coefficient (Wildman–Crippen LogP) is 6.48. The molecule has 4 aromatic carbocycles. The van der Waals surface area contributed by atoms with Crippen molar-refractivity contribution in [3.8, 4) is 16.9 Å². The molecule has 0 radical (unpaired) electrons. The molecular weight excluding hydrogens is 711 g/mol. The number of nitrogens with one attached hydrogen (secondary N) is 1. The molecule has 2 saturated heterocycles. The van der Waals surface area contributed by atoms with Crippen LogP contribution in [0.4, 0.5) is 16.2 Å². The second-order valence-corrected chi connectivity index (χ2v) is 16.1. The lowest BCUT2D eigenvalue weighted by molar-refractivity contribution is -0.386. The maximum Gasteiger partial charge on any atom is 0.410 e. The average Bonchev–Trinajstić information content (AvgIpc) is 3.15. The van der Waals surface area contributed by atoms with E-state index in [-0.39, 0.29) is 11.3 Å². The molecule has 0 atom stereocenters. The number of amides is 2. The Hall–Kier alpha value is -5.47. The molecule has 0 aromatic heterocycles. The van der Waals surface area contributed by atoms with Crippen molar-refractivity contribution in [1.29, 1.82) is 0 Å². The highest BCUT2D eigenvalue weighted by Crippen LogP contribution is 2.32. The van der Waals surface area contributed by atoms with Gasteiger partial charge in [-0.1, -0.05) is 54.6 Å². The molecule has 0 bridgehead atoms. The van der Waals surface area contributed by atoms with E-state index in [2.05, 4.69) is 46.2 Å². The lowest BCUT2D eigenvalue weighted by Gasteiger charge is -2.36. The van der Waals surface area contributed by atoms with Gasteiger partial charge in [-0.25, -0.2) is 17.9 Å². The first-order valence-corrected chi connectivity index (χ1v) is 19.4. The summed E-state index contributed by atoms with van der Waals surface area (Å²) in [6, 6.07) is 28.8. The number of benzene rings is 4. The minimum absolute atomic E-state index is 0.102. The van der Waals surface area contributed by atoms with Crippen molar-refractivity contribution in [3.63, 3.8) is 0 Å². The number of hydrogen-bond acceptors (Lipinski definition) is 10. The molecule has 54 heavy (non-hydrogen) atoms. The van der Waals surface area contributed by atoms with Crippen LogP contribution in [0.15, 0.2) is 102 Å². The first kappa shape index (κ1) is 38.3. The first-order valence-electron chi connectivity index (χ1n) is 18.0. The summed E-state index contributed by atoms with van der Waals surface area (Å²) >= 11 is 0. The summed E-state index contributed by atoms with van der Waals surface area (Å²) in [5, 5.41) is 12.0. The minimum atomic E-state index is -4.46. The fourth-order valence-corrected chi connectivity index (χ4v) is 7.59. The Bertz CT molecular complexity index is 2070. The van der Waals surface area contributed by atoms with E-state index in [0.29, 0.717) is 25.9 Å². The van der Waals surface area contributed by atoms with E-state index in [0.717, 1.165) is 50.5 Å². The number of nitro groups is 1. The van der Waals surface area contributed by atoms with Crippen molar-refractivity contribution < 1.29 is 32.4 Å². The van der Waals surface area contributed by atoms with E-state index < -0.39 is 49.2 Å². The van der Waals surface area contributed by atoms with E-state index in [1.165, 1.54) is 22.8 Å². The number of piperazine rings is 1. The Balaban J connectivity index is 1.03. The highest BCUT2D eigenvalue weighted by atomic mass is 32.2. The molecule has 0 saturated carbocycles. The van der Waals surface area contributed by atoms with Crippen LogP contribution in [0.3, 0.4) is 0 Å². The fraction of sp³-hybridized carbons (Fsp3) is 0.350. The van der Waals surface area contributed by atoms with Crippen LogP contribution in [0.1, 0.15) is 49.5 Å². The molecule has 6 rings (SSSR count). The zero-order chi connectivity index (χ0) is 38.5. The molecule has 2 aliphatic heterocycles. The quantitative estimate of drug-likeness (QED) is 0.141. The van der Waals surface area contributed by atoms with Crippen LogP contribution in [0, 0.1) is 10.1 Å². The second-order valence-electron chi connectivity index (χ2n) is 14.4. The van der Waals surface area contributed by atoms with Crippen molar-refractivity contribution in [3.05, 3.63) is 118 Å². The van der Waals surface area contributed by atoms with Gasteiger partial charge in [0.25, 0.3) is 15.9 Å². The number of nitrogens with zero attached hydrogens (tertiary/aromatic N) is 4. The maximum atomic E-state index is 13.2. The molecule has 2 heterocycles. The van der Waals surface area contributed by atoms with E-state index >= 15 is 0 Å². The maximum absolute atomic E-state index is 13.2. The molecule has 284 valence electrons. The lowest BCUT2D eigenvalue weighted by Crippen LogP contribution is -2.46. The molecule has 4 aromatic rings. The lowest BCUT2D eigenvalue weighted by atomic mass is 9.99. The Morgan fingerprint density at radius 3 is 2.15 bits per heavy atom. The number of carbonyl (C=O) groups is 2. The molecule has 2 amide bonds. The number of ether oxygens (including phenoxy) is 2. The summed E-state index contributed by atoms with van der Waals surface area (Å²) in [6.07, 6.45) is -0.0538. The third kappa shape index (κ3) is 9.54. The van der Waals surface area contributed by atoms with Gasteiger partial charge in [0.05, 0.1) is 9.82 Å². The summed E-state index contributed by atoms with van der Waals surface area (Å²) < 4.78 is 39.8. The molecule has 0 unspecified atom stereocenters. The van der Waals surface area contributed by atoms with Crippen molar-refractivity contribution in [2.24, 2.45) is 0 Å². The van der Waals surface area contributed by atoms with Gasteiger partial charge < -0.3 is 19.3 Å². The monoisotopic (exact) mass is 755 g/mol. The highest BCUT2D eigenvalue weighted by Gasteiger charge is 2.30. The van der Waals surface area contributed by atoms with Crippen LogP contribution in [-0.4, -0.2) is 86.1 Å². The van der Waals surface area contributed by atoms with Crippen molar-refractivity contribution in [2.45, 2.75) is 56.8 Å². The van der Waals surface area contributed by atoms with Crippen LogP contribution >= 0.6 is 0 Å². The first-order chi connectivity index (χ1) is 25.8. The number of sulfonamides is 1. The molecule has 2 fully saturated rings. The summed E-state index contributed by atoms with van der Waals surface area (Å²) in [6.45, 7) is 10.1. The van der Waals surface area contributed by atoms with Gasteiger partial charge in [0.15, 0.2) is 5.75 Å². The summed E-state index contributed by atoms with van der Waals surface area (Å²) in [5.41, 5.74) is 3.56. The van der Waals surface area contributed by atoms with Crippen molar-refractivity contribution >= 4 is 33.4 Å². The summed E-state index contributed by atoms with van der Waals surface area (Å²) in [5.74, 6) is -0.961. The third-order valence-electron chi connectivity index (χ3n) is 9.41. The van der Waals surface area contributed by atoms with E-state index in [4.69, 9.17) is 9.47 Å². The van der Waals surface area contributed by atoms with Crippen LogP contribution < -0.4 is 14.4 Å². The standard InChI is InChI=1S/C40H45N5O8S/c1-40(2,3)53-39(47)44-21-19-33(20-22-44)52-37-18-17-34(27-36(37)45(48)49)54(50,51)41-38(46)30-13-15-32(16-14-30)43-25-23-42(24-26-43)28-31-11-7-8-12-35(31)29-9-5-4-6-10-29/h4-18,27,33H,19-26,28H2,1-3H3,(H,41,46). The van der Waals surface area contributed by atoms with Crippen molar-refractivity contribution in [1.82, 2.24) is 14.5 Å². The molecule has 13 nitrogen and oxygen atoms in total. The Morgan fingerprint density at radius 1 is 0.852 bits per heavy atom. The average molecular weight is 756 g/mol. The Kier molecular flexibility index (Phi) is 11.5. The number of nitro benzene ring substituents is 1. The van der Waals surface area contributed by atoms with Gasteiger partial charge in [-0.3, -0.25) is 19.8 Å². The van der Waals surface area contributed by atoms with E-state index in [9.17, 15) is 28.1 Å². The number of hydrogen-bond donors (Lipinski definition) is 1. The number of anilines is 1. The van der Waals surface area contributed by atoms with E-state index in [1.807, 2.05) is 22.9 Å². The van der Waals surface area contributed by atoms with Crippen LogP contribution in [0.5, 0.6) is 5.75 Å². The van der Waals surface area contributed by atoms with Gasteiger partial charge in [0.1, 0.15) is 11.7 Å². The number of carbonyl (C=O) groups excluding carboxylic acids is 2. The van der Waals surface area contributed by atoms with Gasteiger partial charge in [0, 0.05) is 76.0 Å². The summed E-state index contributed by atoms with van der Waals surface area (Å²) in [4.78, 5) is 42.4.